The van der Waals surface area contributed by atoms with Crippen LogP contribution in [0.1, 0.15) is 50.2 Å². The molecule has 2 aromatic rings. The van der Waals surface area contributed by atoms with Crippen molar-refractivity contribution >= 4 is 16.7 Å². The number of fused-ring (bicyclic) bond motifs is 2. The topological polar surface area (TPSA) is 24.9 Å². The molecule has 2 heteroatoms. The molecule has 2 heterocycles. The minimum Gasteiger partial charge on any atom is -0.369 e. The van der Waals surface area contributed by atoms with E-state index < -0.39 is 0 Å². The number of aromatic nitrogens is 1. The van der Waals surface area contributed by atoms with E-state index in [4.69, 9.17) is 0 Å². The summed E-state index contributed by atoms with van der Waals surface area (Å²) in [4.78, 5) is 4.69. The van der Waals surface area contributed by atoms with E-state index in [1.54, 1.807) is 0 Å². The number of nitrogens with one attached hydrogen (secondary N) is 1. The van der Waals surface area contributed by atoms with Gasteiger partial charge in [0.1, 0.15) is 5.82 Å². The van der Waals surface area contributed by atoms with Crippen LogP contribution in [0.25, 0.3) is 10.9 Å². The maximum absolute atomic E-state index is 4.69. The highest BCUT2D eigenvalue weighted by atomic mass is 15.0. The van der Waals surface area contributed by atoms with Crippen LogP contribution < -0.4 is 5.32 Å². The first-order chi connectivity index (χ1) is 9.24. The van der Waals surface area contributed by atoms with Gasteiger partial charge in [-0.05, 0) is 35.6 Å². The highest BCUT2D eigenvalue weighted by Crippen LogP contribution is 2.26. The Labute approximate surface area is 115 Å². The lowest BCUT2D eigenvalue weighted by atomic mass is 10.0. The highest BCUT2D eigenvalue weighted by Gasteiger charge is 2.12. The quantitative estimate of drug-likeness (QED) is 0.810. The SMILES string of the molecule is C1CC1.CC(C)c1ccc2cc3c(nc2c1)NCC3. The van der Waals surface area contributed by atoms with E-state index in [1.165, 1.54) is 35.8 Å². The predicted octanol–water partition coefficient (Wildman–Crippen LogP) is 4.50. The highest BCUT2D eigenvalue weighted by molar-refractivity contribution is 5.83. The Balaban J connectivity index is 0.000000325. The Hall–Kier alpha value is -1.57. The van der Waals surface area contributed by atoms with Crippen LogP contribution in [-0.2, 0) is 6.42 Å². The van der Waals surface area contributed by atoms with Gasteiger partial charge in [-0.3, -0.25) is 0 Å². The van der Waals surface area contributed by atoms with Crippen molar-refractivity contribution in [3.63, 3.8) is 0 Å². The molecule has 1 fully saturated rings. The monoisotopic (exact) mass is 254 g/mol. The molecule has 2 aliphatic rings. The molecule has 2 nitrogen and oxygen atoms in total. The Kier molecular flexibility index (Phi) is 3.41. The molecular formula is C17H22N2. The third kappa shape index (κ3) is 2.89. The van der Waals surface area contributed by atoms with Crippen LogP contribution in [-0.4, -0.2) is 11.5 Å². The molecule has 1 aromatic carbocycles. The van der Waals surface area contributed by atoms with Gasteiger partial charge in [-0.1, -0.05) is 45.2 Å². The molecule has 1 aromatic heterocycles. The summed E-state index contributed by atoms with van der Waals surface area (Å²) in [5.74, 6) is 1.64. The van der Waals surface area contributed by atoms with Crippen LogP contribution in [0.2, 0.25) is 0 Å². The standard InChI is InChI=1S/C14H16N2.C3H6/c1-9(2)10-3-4-11-7-12-5-6-15-14(12)16-13(11)8-10;1-2-3-1/h3-4,7-9H,5-6H2,1-2H3,(H,15,16);1-3H2. The third-order valence-corrected chi connectivity index (χ3v) is 3.63. The Bertz CT molecular complexity index is 582. The maximum Gasteiger partial charge on any atom is 0.129 e. The summed E-state index contributed by atoms with van der Waals surface area (Å²) in [6.45, 7) is 5.45. The molecule has 0 bridgehead atoms. The van der Waals surface area contributed by atoms with Gasteiger partial charge in [-0.25, -0.2) is 4.98 Å². The first kappa shape index (κ1) is 12.5. The van der Waals surface area contributed by atoms with Gasteiger partial charge in [0.25, 0.3) is 0 Å². The lowest BCUT2D eigenvalue weighted by molar-refractivity contribution is 0.868. The van der Waals surface area contributed by atoms with Crippen LogP contribution in [0.15, 0.2) is 24.3 Å². The summed E-state index contributed by atoms with van der Waals surface area (Å²) < 4.78 is 0. The largest absolute Gasteiger partial charge is 0.369 e. The summed E-state index contributed by atoms with van der Waals surface area (Å²) in [5.41, 5.74) is 3.82. The summed E-state index contributed by atoms with van der Waals surface area (Å²) in [6, 6.07) is 8.88. The second kappa shape index (κ2) is 5.20. The lowest BCUT2D eigenvalue weighted by Crippen LogP contribution is -1.94. The van der Waals surface area contributed by atoms with Gasteiger partial charge in [0.05, 0.1) is 5.52 Å². The van der Waals surface area contributed by atoms with Crippen molar-refractivity contribution in [3.05, 3.63) is 35.4 Å². The zero-order valence-corrected chi connectivity index (χ0v) is 11.9. The van der Waals surface area contributed by atoms with Crippen molar-refractivity contribution in [2.45, 2.75) is 45.4 Å². The second-order valence-electron chi connectivity index (χ2n) is 5.84. The first-order valence-corrected chi connectivity index (χ1v) is 7.41. The number of hydrogen-bond acceptors (Lipinski definition) is 2. The summed E-state index contributed by atoms with van der Waals surface area (Å²) in [5, 5.41) is 4.59. The van der Waals surface area contributed by atoms with Crippen molar-refractivity contribution < 1.29 is 0 Å². The summed E-state index contributed by atoms with van der Waals surface area (Å²) in [7, 11) is 0. The Morgan fingerprint density at radius 2 is 1.89 bits per heavy atom. The van der Waals surface area contributed by atoms with Crippen LogP contribution >= 0.6 is 0 Å². The van der Waals surface area contributed by atoms with Crippen molar-refractivity contribution in [2.75, 3.05) is 11.9 Å². The molecular weight excluding hydrogens is 232 g/mol. The Morgan fingerprint density at radius 3 is 2.58 bits per heavy atom. The van der Waals surface area contributed by atoms with Gasteiger partial charge >= 0.3 is 0 Å². The molecule has 0 spiro atoms. The van der Waals surface area contributed by atoms with Crippen molar-refractivity contribution in [1.82, 2.24) is 4.98 Å². The van der Waals surface area contributed by atoms with E-state index in [0.717, 1.165) is 24.3 Å². The van der Waals surface area contributed by atoms with Gasteiger partial charge in [0.2, 0.25) is 0 Å². The molecule has 0 saturated heterocycles. The summed E-state index contributed by atoms with van der Waals surface area (Å²) >= 11 is 0. The molecule has 0 unspecified atom stereocenters. The molecule has 0 amide bonds. The average molecular weight is 254 g/mol. The van der Waals surface area contributed by atoms with Gasteiger partial charge in [0, 0.05) is 11.9 Å². The zero-order chi connectivity index (χ0) is 13.2. The number of hydrogen-bond donors (Lipinski definition) is 1. The Morgan fingerprint density at radius 1 is 1.11 bits per heavy atom. The fourth-order valence-corrected chi connectivity index (χ4v) is 2.25. The van der Waals surface area contributed by atoms with Crippen molar-refractivity contribution in [3.8, 4) is 0 Å². The van der Waals surface area contributed by atoms with E-state index in [-0.39, 0.29) is 0 Å². The van der Waals surface area contributed by atoms with Gasteiger partial charge in [0.15, 0.2) is 0 Å². The van der Waals surface area contributed by atoms with Gasteiger partial charge < -0.3 is 5.32 Å². The third-order valence-electron chi connectivity index (χ3n) is 3.63. The number of rotatable bonds is 1. The molecule has 1 aliphatic heterocycles. The fourth-order valence-electron chi connectivity index (χ4n) is 2.25. The van der Waals surface area contributed by atoms with E-state index in [0.29, 0.717) is 5.92 Å². The van der Waals surface area contributed by atoms with Crippen LogP contribution in [0.3, 0.4) is 0 Å². The molecule has 0 atom stereocenters. The number of benzene rings is 1. The smallest absolute Gasteiger partial charge is 0.129 e. The minimum absolute atomic E-state index is 0.562. The normalized spacial score (nSPS) is 15.7. The second-order valence-corrected chi connectivity index (χ2v) is 5.84. The molecule has 0 radical (unpaired) electrons. The number of anilines is 1. The molecule has 1 N–H and O–H groups in total. The molecule has 100 valence electrons. The number of nitrogens with zero attached hydrogens (tertiary/aromatic N) is 1. The maximum atomic E-state index is 4.69. The molecule has 4 rings (SSSR count). The van der Waals surface area contributed by atoms with E-state index in [9.17, 15) is 0 Å². The first-order valence-electron chi connectivity index (χ1n) is 7.41. The van der Waals surface area contributed by atoms with E-state index >= 15 is 0 Å². The van der Waals surface area contributed by atoms with Crippen LogP contribution in [0.4, 0.5) is 5.82 Å². The molecule has 19 heavy (non-hydrogen) atoms. The average Bonchev–Trinajstić information content (AvgIpc) is 3.22. The van der Waals surface area contributed by atoms with Crippen LogP contribution in [0.5, 0.6) is 0 Å². The number of pyridine rings is 1. The summed E-state index contributed by atoms with van der Waals surface area (Å²) in [6.07, 6.45) is 5.60. The minimum atomic E-state index is 0.562. The molecule has 1 aliphatic carbocycles. The van der Waals surface area contributed by atoms with Gasteiger partial charge in [-0.15, -0.1) is 0 Å². The molecule has 1 saturated carbocycles. The van der Waals surface area contributed by atoms with Crippen LogP contribution in [0, 0.1) is 0 Å². The predicted molar refractivity (Wildman–Crippen MR) is 81.9 cm³/mol. The van der Waals surface area contributed by atoms with E-state index in [1.807, 2.05) is 0 Å². The van der Waals surface area contributed by atoms with Crippen molar-refractivity contribution in [1.29, 1.82) is 0 Å². The lowest BCUT2D eigenvalue weighted by Gasteiger charge is -2.08. The van der Waals surface area contributed by atoms with Crippen molar-refractivity contribution in [2.24, 2.45) is 0 Å². The van der Waals surface area contributed by atoms with Gasteiger partial charge in [-0.2, -0.15) is 0 Å². The fraction of sp³-hybridized carbons (Fsp3) is 0.471. The zero-order valence-electron chi connectivity index (χ0n) is 11.9. The van der Waals surface area contributed by atoms with E-state index in [2.05, 4.69) is 48.4 Å².